The molecule has 0 saturated carbocycles. The van der Waals surface area contributed by atoms with E-state index in [1.54, 1.807) is 18.2 Å². The standard InChI is InChI=1S/C13H10ClNO/c1-9-4-2-3-5-11(9)13(16)12-7-6-10(14)8-15-12/h2-8H,1H3. The number of rotatable bonds is 2. The molecule has 0 N–H and O–H groups in total. The van der Waals surface area contributed by atoms with Gasteiger partial charge in [0.2, 0.25) is 5.78 Å². The van der Waals surface area contributed by atoms with E-state index in [0.717, 1.165) is 5.56 Å². The number of nitrogens with zero attached hydrogens (tertiary/aromatic N) is 1. The van der Waals surface area contributed by atoms with Crippen LogP contribution in [-0.2, 0) is 0 Å². The van der Waals surface area contributed by atoms with Crippen molar-refractivity contribution in [2.75, 3.05) is 0 Å². The van der Waals surface area contributed by atoms with E-state index in [4.69, 9.17) is 11.6 Å². The average molecular weight is 232 g/mol. The van der Waals surface area contributed by atoms with Crippen molar-refractivity contribution in [3.8, 4) is 0 Å². The Kier molecular flexibility index (Phi) is 3.02. The molecule has 0 radical (unpaired) electrons. The lowest BCUT2D eigenvalue weighted by Crippen LogP contribution is -2.05. The Morgan fingerprint density at radius 3 is 2.56 bits per heavy atom. The minimum Gasteiger partial charge on any atom is -0.287 e. The maximum Gasteiger partial charge on any atom is 0.211 e. The van der Waals surface area contributed by atoms with Crippen LogP contribution in [0.1, 0.15) is 21.6 Å². The fourth-order valence-corrected chi connectivity index (χ4v) is 1.59. The SMILES string of the molecule is Cc1ccccc1C(=O)c1ccc(Cl)cn1. The molecule has 3 heteroatoms. The second-order valence-corrected chi connectivity index (χ2v) is 3.94. The Morgan fingerprint density at radius 2 is 1.94 bits per heavy atom. The van der Waals surface area contributed by atoms with E-state index in [-0.39, 0.29) is 5.78 Å². The highest BCUT2D eigenvalue weighted by Gasteiger charge is 2.11. The van der Waals surface area contributed by atoms with Gasteiger partial charge in [-0.3, -0.25) is 9.78 Å². The van der Waals surface area contributed by atoms with Gasteiger partial charge in [-0.25, -0.2) is 0 Å². The number of aromatic nitrogens is 1. The molecule has 0 fully saturated rings. The summed E-state index contributed by atoms with van der Waals surface area (Å²) in [5.41, 5.74) is 2.04. The molecule has 2 rings (SSSR count). The van der Waals surface area contributed by atoms with Gasteiger partial charge in [0.05, 0.1) is 5.02 Å². The average Bonchev–Trinajstić information content (AvgIpc) is 2.30. The second-order valence-electron chi connectivity index (χ2n) is 3.51. The molecule has 1 aromatic carbocycles. The van der Waals surface area contributed by atoms with Crippen molar-refractivity contribution in [2.24, 2.45) is 0 Å². The number of benzene rings is 1. The van der Waals surface area contributed by atoms with Gasteiger partial charge in [0.1, 0.15) is 5.69 Å². The summed E-state index contributed by atoms with van der Waals surface area (Å²) >= 11 is 5.72. The number of carbonyl (C=O) groups is 1. The molecule has 0 aliphatic heterocycles. The Labute approximate surface area is 98.9 Å². The van der Waals surface area contributed by atoms with E-state index in [0.29, 0.717) is 16.3 Å². The molecule has 0 saturated heterocycles. The van der Waals surface area contributed by atoms with E-state index in [2.05, 4.69) is 4.98 Å². The maximum absolute atomic E-state index is 12.1. The monoisotopic (exact) mass is 231 g/mol. The van der Waals surface area contributed by atoms with Crippen LogP contribution in [0.5, 0.6) is 0 Å². The summed E-state index contributed by atoms with van der Waals surface area (Å²) in [6.45, 7) is 1.91. The normalized spacial score (nSPS) is 10.1. The molecule has 0 aliphatic carbocycles. The van der Waals surface area contributed by atoms with Gasteiger partial charge >= 0.3 is 0 Å². The zero-order valence-electron chi connectivity index (χ0n) is 8.77. The number of ketones is 1. The predicted molar refractivity (Wildman–Crippen MR) is 63.9 cm³/mol. The summed E-state index contributed by atoms with van der Waals surface area (Å²) in [5.74, 6) is -0.0743. The van der Waals surface area contributed by atoms with E-state index in [9.17, 15) is 4.79 Å². The first-order valence-corrected chi connectivity index (χ1v) is 5.28. The minimum absolute atomic E-state index is 0.0743. The van der Waals surface area contributed by atoms with Gasteiger partial charge in [-0.05, 0) is 24.6 Å². The molecule has 0 unspecified atom stereocenters. The van der Waals surface area contributed by atoms with Crippen LogP contribution in [-0.4, -0.2) is 10.8 Å². The van der Waals surface area contributed by atoms with Gasteiger partial charge in [0.25, 0.3) is 0 Å². The summed E-state index contributed by atoms with van der Waals surface area (Å²) in [6.07, 6.45) is 1.48. The predicted octanol–water partition coefficient (Wildman–Crippen LogP) is 3.27. The first kappa shape index (κ1) is 10.8. The van der Waals surface area contributed by atoms with Gasteiger partial charge in [-0.1, -0.05) is 35.9 Å². The van der Waals surface area contributed by atoms with Crippen LogP contribution in [0.3, 0.4) is 0 Å². The Bertz CT molecular complexity index is 520. The molecular weight excluding hydrogens is 222 g/mol. The molecule has 80 valence electrons. The molecule has 1 heterocycles. The lowest BCUT2D eigenvalue weighted by Gasteiger charge is -2.03. The fraction of sp³-hybridized carbons (Fsp3) is 0.0769. The maximum atomic E-state index is 12.1. The zero-order chi connectivity index (χ0) is 11.5. The van der Waals surface area contributed by atoms with Crippen LogP contribution in [0, 0.1) is 6.92 Å². The van der Waals surface area contributed by atoms with E-state index in [1.165, 1.54) is 6.20 Å². The van der Waals surface area contributed by atoms with Gasteiger partial charge in [-0.2, -0.15) is 0 Å². The first-order chi connectivity index (χ1) is 7.68. The van der Waals surface area contributed by atoms with Crippen LogP contribution >= 0.6 is 11.6 Å². The number of pyridine rings is 1. The van der Waals surface area contributed by atoms with Crippen LogP contribution in [0.25, 0.3) is 0 Å². The number of aryl methyl sites for hydroxylation is 1. The third kappa shape index (κ3) is 2.12. The molecule has 1 aromatic heterocycles. The largest absolute Gasteiger partial charge is 0.287 e. The molecule has 2 nitrogen and oxygen atoms in total. The number of hydrogen-bond donors (Lipinski definition) is 0. The van der Waals surface area contributed by atoms with Crippen LogP contribution < -0.4 is 0 Å². The van der Waals surface area contributed by atoms with Crippen LogP contribution in [0.15, 0.2) is 42.6 Å². The first-order valence-electron chi connectivity index (χ1n) is 4.90. The van der Waals surface area contributed by atoms with Crippen molar-refractivity contribution in [3.63, 3.8) is 0 Å². The quantitative estimate of drug-likeness (QED) is 0.743. The summed E-state index contributed by atoms with van der Waals surface area (Å²) in [5, 5.41) is 0.529. The highest BCUT2D eigenvalue weighted by Crippen LogP contribution is 2.13. The van der Waals surface area contributed by atoms with E-state index >= 15 is 0 Å². The number of hydrogen-bond acceptors (Lipinski definition) is 2. The molecule has 0 amide bonds. The molecule has 0 bridgehead atoms. The lowest BCUT2D eigenvalue weighted by atomic mass is 10.0. The number of carbonyl (C=O) groups excluding carboxylic acids is 1. The van der Waals surface area contributed by atoms with Crippen LogP contribution in [0.4, 0.5) is 0 Å². The van der Waals surface area contributed by atoms with Gasteiger partial charge in [-0.15, -0.1) is 0 Å². The second kappa shape index (κ2) is 4.45. The molecule has 0 spiro atoms. The third-order valence-electron chi connectivity index (χ3n) is 2.35. The van der Waals surface area contributed by atoms with Crippen molar-refractivity contribution in [3.05, 3.63) is 64.4 Å². The van der Waals surface area contributed by atoms with Crippen molar-refractivity contribution in [1.82, 2.24) is 4.98 Å². The summed E-state index contributed by atoms with van der Waals surface area (Å²) in [6, 6.07) is 10.8. The Hall–Kier alpha value is -1.67. The Balaban J connectivity index is 2.40. The van der Waals surface area contributed by atoms with Gasteiger partial charge in [0.15, 0.2) is 0 Å². The molecular formula is C13H10ClNO. The highest BCUT2D eigenvalue weighted by molar-refractivity contribution is 6.30. The van der Waals surface area contributed by atoms with E-state index in [1.807, 2.05) is 25.1 Å². The molecule has 16 heavy (non-hydrogen) atoms. The van der Waals surface area contributed by atoms with E-state index < -0.39 is 0 Å². The van der Waals surface area contributed by atoms with Crippen LogP contribution in [0.2, 0.25) is 5.02 Å². The van der Waals surface area contributed by atoms with Crippen molar-refractivity contribution in [1.29, 1.82) is 0 Å². The molecule has 0 atom stereocenters. The topological polar surface area (TPSA) is 30.0 Å². The summed E-state index contributed by atoms with van der Waals surface area (Å²) in [7, 11) is 0. The summed E-state index contributed by atoms with van der Waals surface area (Å²) < 4.78 is 0. The third-order valence-corrected chi connectivity index (χ3v) is 2.57. The zero-order valence-corrected chi connectivity index (χ0v) is 9.53. The Morgan fingerprint density at radius 1 is 1.19 bits per heavy atom. The number of halogens is 1. The molecule has 2 aromatic rings. The smallest absolute Gasteiger partial charge is 0.211 e. The van der Waals surface area contributed by atoms with Gasteiger partial charge in [0, 0.05) is 11.8 Å². The van der Waals surface area contributed by atoms with Crippen molar-refractivity contribution < 1.29 is 4.79 Å². The summed E-state index contributed by atoms with van der Waals surface area (Å²) in [4.78, 5) is 16.1. The molecule has 0 aliphatic rings. The minimum atomic E-state index is -0.0743. The lowest BCUT2D eigenvalue weighted by molar-refractivity contribution is 0.103. The highest BCUT2D eigenvalue weighted by atomic mass is 35.5. The van der Waals surface area contributed by atoms with Gasteiger partial charge < -0.3 is 0 Å². The van der Waals surface area contributed by atoms with Crippen molar-refractivity contribution in [2.45, 2.75) is 6.92 Å². The fourth-order valence-electron chi connectivity index (χ4n) is 1.48. The van der Waals surface area contributed by atoms with Crippen molar-refractivity contribution >= 4 is 17.4 Å².